The molecule has 0 aromatic heterocycles. The van der Waals surface area contributed by atoms with Gasteiger partial charge in [0.15, 0.2) is 0 Å². The number of hydrogen-bond donors (Lipinski definition) is 1. The molecular formula is C26H31NO5. The Morgan fingerprint density at radius 1 is 1.03 bits per heavy atom. The van der Waals surface area contributed by atoms with E-state index in [-0.39, 0.29) is 11.3 Å². The molecule has 32 heavy (non-hydrogen) atoms. The number of aliphatic hydroxyl groups is 1. The normalized spacial score (nSPS) is 17.6. The van der Waals surface area contributed by atoms with E-state index in [9.17, 15) is 14.7 Å². The van der Waals surface area contributed by atoms with E-state index in [4.69, 9.17) is 9.47 Å². The van der Waals surface area contributed by atoms with Crippen LogP contribution in [-0.4, -0.2) is 42.0 Å². The van der Waals surface area contributed by atoms with Gasteiger partial charge in [-0.3, -0.25) is 9.59 Å². The van der Waals surface area contributed by atoms with Crippen LogP contribution in [0.4, 0.5) is 0 Å². The Balaban J connectivity index is 2.11. The Hall–Kier alpha value is -3.28. The lowest BCUT2D eigenvalue weighted by atomic mass is 9.93. The minimum Gasteiger partial charge on any atom is -0.507 e. The van der Waals surface area contributed by atoms with Gasteiger partial charge in [-0.05, 0) is 61.7 Å². The third-order valence-corrected chi connectivity index (χ3v) is 5.74. The summed E-state index contributed by atoms with van der Waals surface area (Å²) in [6.45, 7) is 6.83. The molecule has 1 aliphatic heterocycles. The second kappa shape index (κ2) is 10.4. The molecule has 6 heteroatoms. The predicted molar refractivity (Wildman–Crippen MR) is 124 cm³/mol. The molecule has 1 saturated heterocycles. The Labute approximate surface area is 189 Å². The number of unbranched alkanes of at least 4 members (excludes halogenated alkanes) is 2. The van der Waals surface area contributed by atoms with Crippen LogP contribution in [0.25, 0.3) is 5.76 Å². The Morgan fingerprint density at radius 3 is 2.31 bits per heavy atom. The zero-order valence-electron chi connectivity index (χ0n) is 19.2. The molecule has 1 atom stereocenters. The van der Waals surface area contributed by atoms with E-state index in [0.717, 1.165) is 30.4 Å². The highest BCUT2D eigenvalue weighted by Gasteiger charge is 2.45. The molecule has 0 radical (unpaired) electrons. The molecule has 2 aromatic rings. The predicted octanol–water partition coefficient (Wildman–Crippen LogP) is 5.01. The standard InChI is InChI=1S/C26H31NO5/c1-5-7-8-15-27-23(18-9-11-19(12-10-18)32-6-2)22(25(29)26(27)30)24(28)21-14-13-20(31-4)16-17(21)3/h9-14,16,23,28H,5-8,15H2,1-4H3/b24-22-. The highest BCUT2D eigenvalue weighted by atomic mass is 16.5. The third kappa shape index (κ3) is 4.64. The molecule has 0 bridgehead atoms. The van der Waals surface area contributed by atoms with Crippen LogP contribution in [0, 0.1) is 6.92 Å². The molecule has 0 spiro atoms. The van der Waals surface area contributed by atoms with Crippen molar-refractivity contribution in [2.75, 3.05) is 20.3 Å². The van der Waals surface area contributed by atoms with Crippen LogP contribution in [0.5, 0.6) is 11.5 Å². The van der Waals surface area contributed by atoms with Gasteiger partial charge >= 0.3 is 0 Å². The number of aryl methyl sites for hydroxylation is 1. The molecule has 6 nitrogen and oxygen atoms in total. The van der Waals surface area contributed by atoms with Crippen LogP contribution in [-0.2, 0) is 9.59 Å². The summed E-state index contributed by atoms with van der Waals surface area (Å²) in [6.07, 6.45) is 2.75. The van der Waals surface area contributed by atoms with Crippen molar-refractivity contribution in [1.29, 1.82) is 0 Å². The quantitative estimate of drug-likeness (QED) is 0.258. The number of ketones is 1. The molecule has 1 aliphatic rings. The number of likely N-dealkylation sites (tertiary alicyclic amines) is 1. The minimum absolute atomic E-state index is 0.115. The number of Topliss-reactive ketones (excluding diaryl/α,β-unsaturated/α-hetero) is 1. The second-order valence-corrected chi connectivity index (χ2v) is 7.88. The van der Waals surface area contributed by atoms with Crippen molar-refractivity contribution in [3.63, 3.8) is 0 Å². The Morgan fingerprint density at radius 2 is 1.72 bits per heavy atom. The molecule has 1 N–H and O–H groups in total. The van der Waals surface area contributed by atoms with E-state index < -0.39 is 17.7 Å². The minimum atomic E-state index is -0.659. The molecule has 1 unspecified atom stereocenters. The van der Waals surface area contributed by atoms with E-state index >= 15 is 0 Å². The van der Waals surface area contributed by atoms with Crippen molar-refractivity contribution in [2.45, 2.75) is 46.1 Å². The van der Waals surface area contributed by atoms with Crippen LogP contribution in [0.3, 0.4) is 0 Å². The summed E-state index contributed by atoms with van der Waals surface area (Å²) in [5.41, 5.74) is 2.14. The molecule has 0 aliphatic carbocycles. The summed E-state index contributed by atoms with van der Waals surface area (Å²) in [5, 5.41) is 11.2. The molecule has 1 amide bonds. The molecule has 170 valence electrons. The number of hydrogen-bond acceptors (Lipinski definition) is 5. The highest BCUT2D eigenvalue weighted by Crippen LogP contribution is 2.40. The lowest BCUT2D eigenvalue weighted by molar-refractivity contribution is -0.139. The van der Waals surface area contributed by atoms with Gasteiger partial charge in [-0.25, -0.2) is 0 Å². The zero-order valence-corrected chi connectivity index (χ0v) is 19.2. The van der Waals surface area contributed by atoms with Crippen molar-refractivity contribution >= 4 is 17.4 Å². The van der Waals surface area contributed by atoms with Crippen molar-refractivity contribution in [2.24, 2.45) is 0 Å². The molecule has 1 heterocycles. The van der Waals surface area contributed by atoms with Crippen LogP contribution in [0.2, 0.25) is 0 Å². The maximum absolute atomic E-state index is 13.1. The lowest BCUT2D eigenvalue weighted by Crippen LogP contribution is -2.30. The van der Waals surface area contributed by atoms with Gasteiger partial charge in [-0.1, -0.05) is 31.9 Å². The van der Waals surface area contributed by atoms with Crippen LogP contribution in [0.1, 0.15) is 55.8 Å². The highest BCUT2D eigenvalue weighted by molar-refractivity contribution is 6.46. The molecule has 3 rings (SSSR count). The topological polar surface area (TPSA) is 76.1 Å². The van der Waals surface area contributed by atoms with Crippen LogP contribution in [0.15, 0.2) is 48.0 Å². The fraction of sp³-hybridized carbons (Fsp3) is 0.385. The first-order chi connectivity index (χ1) is 15.4. The molecule has 1 fully saturated rings. The Bertz CT molecular complexity index is 1010. The number of amides is 1. The second-order valence-electron chi connectivity index (χ2n) is 7.88. The first kappa shape index (κ1) is 23.4. The number of carbonyl (C=O) groups is 2. The number of methoxy groups -OCH3 is 1. The first-order valence-corrected chi connectivity index (χ1v) is 11.1. The van der Waals surface area contributed by atoms with Gasteiger partial charge in [0.25, 0.3) is 11.7 Å². The van der Waals surface area contributed by atoms with Gasteiger partial charge in [0.1, 0.15) is 17.3 Å². The summed E-state index contributed by atoms with van der Waals surface area (Å²) in [7, 11) is 1.57. The number of ether oxygens (including phenoxy) is 2. The molecule has 2 aromatic carbocycles. The van der Waals surface area contributed by atoms with Gasteiger partial charge < -0.3 is 19.5 Å². The monoisotopic (exact) mass is 437 g/mol. The van der Waals surface area contributed by atoms with E-state index in [1.54, 1.807) is 30.2 Å². The number of rotatable bonds is 9. The lowest BCUT2D eigenvalue weighted by Gasteiger charge is -2.25. The van der Waals surface area contributed by atoms with E-state index in [1.165, 1.54) is 0 Å². The number of aliphatic hydroxyl groups excluding tert-OH is 1. The SMILES string of the molecule is CCCCCN1C(=O)C(=O)/C(=C(\O)c2ccc(OC)cc2C)C1c1ccc(OCC)cc1. The zero-order chi connectivity index (χ0) is 23.3. The third-order valence-electron chi connectivity index (χ3n) is 5.74. The summed E-state index contributed by atoms with van der Waals surface area (Å²) in [5.74, 6) is -0.0338. The maximum Gasteiger partial charge on any atom is 0.295 e. The molecular weight excluding hydrogens is 406 g/mol. The first-order valence-electron chi connectivity index (χ1n) is 11.1. The largest absolute Gasteiger partial charge is 0.507 e. The number of carbonyl (C=O) groups excluding carboxylic acids is 2. The maximum atomic E-state index is 13.1. The van der Waals surface area contributed by atoms with Gasteiger partial charge in [0.05, 0.1) is 25.3 Å². The van der Waals surface area contributed by atoms with E-state index in [2.05, 4.69) is 6.92 Å². The van der Waals surface area contributed by atoms with Crippen molar-refractivity contribution in [3.05, 3.63) is 64.7 Å². The van der Waals surface area contributed by atoms with Crippen molar-refractivity contribution in [1.82, 2.24) is 4.90 Å². The van der Waals surface area contributed by atoms with Gasteiger partial charge in [-0.15, -0.1) is 0 Å². The number of nitrogens with zero attached hydrogens (tertiary/aromatic N) is 1. The fourth-order valence-electron chi connectivity index (χ4n) is 4.08. The van der Waals surface area contributed by atoms with Gasteiger partial charge in [0.2, 0.25) is 0 Å². The summed E-state index contributed by atoms with van der Waals surface area (Å²) in [6, 6.07) is 11.9. The molecule has 0 saturated carbocycles. The van der Waals surface area contributed by atoms with Crippen molar-refractivity contribution < 1.29 is 24.2 Å². The van der Waals surface area contributed by atoms with E-state index in [0.29, 0.717) is 30.2 Å². The van der Waals surface area contributed by atoms with E-state index in [1.807, 2.05) is 38.1 Å². The smallest absolute Gasteiger partial charge is 0.295 e. The van der Waals surface area contributed by atoms with Gasteiger partial charge in [0, 0.05) is 12.1 Å². The average Bonchev–Trinajstić information content (AvgIpc) is 3.04. The van der Waals surface area contributed by atoms with Crippen LogP contribution >= 0.6 is 0 Å². The average molecular weight is 438 g/mol. The van der Waals surface area contributed by atoms with Crippen LogP contribution < -0.4 is 9.47 Å². The van der Waals surface area contributed by atoms with Gasteiger partial charge in [-0.2, -0.15) is 0 Å². The Kier molecular flexibility index (Phi) is 7.57. The summed E-state index contributed by atoms with van der Waals surface area (Å²) >= 11 is 0. The number of benzene rings is 2. The van der Waals surface area contributed by atoms with Crippen molar-refractivity contribution in [3.8, 4) is 11.5 Å². The fourth-order valence-corrected chi connectivity index (χ4v) is 4.08. The summed E-state index contributed by atoms with van der Waals surface area (Å²) < 4.78 is 10.8. The summed E-state index contributed by atoms with van der Waals surface area (Å²) in [4.78, 5) is 27.6.